The number of carbonyl (C=O) groups is 1. The molecule has 0 saturated carbocycles. The van der Waals surface area contributed by atoms with Gasteiger partial charge in [0.2, 0.25) is 5.91 Å². The summed E-state index contributed by atoms with van der Waals surface area (Å²) in [5.41, 5.74) is 0. The lowest BCUT2D eigenvalue weighted by atomic mass is 10.3. The molecule has 0 radical (unpaired) electrons. The standard InChI is InChI=1S/C16H22N6OS/c1-13(2)22-12-18-19-16(22)24-11-15(23)21-9-7-20(8-10-21)14-5-3-4-6-17-14/h3-6,12-13H,7-11H2,1-2H3. The number of nitrogens with zero attached hydrogens (tertiary/aromatic N) is 6. The van der Waals surface area contributed by atoms with E-state index in [1.54, 1.807) is 12.5 Å². The van der Waals surface area contributed by atoms with Crippen molar-refractivity contribution in [3.05, 3.63) is 30.7 Å². The maximum absolute atomic E-state index is 12.4. The maximum Gasteiger partial charge on any atom is 0.233 e. The molecule has 7 nitrogen and oxygen atoms in total. The number of aromatic nitrogens is 4. The van der Waals surface area contributed by atoms with Gasteiger partial charge in [0.25, 0.3) is 0 Å². The Morgan fingerprint density at radius 3 is 2.71 bits per heavy atom. The normalized spacial score (nSPS) is 15.1. The molecule has 0 bridgehead atoms. The molecule has 24 heavy (non-hydrogen) atoms. The van der Waals surface area contributed by atoms with Gasteiger partial charge in [-0.2, -0.15) is 0 Å². The predicted octanol–water partition coefficient (Wildman–Crippen LogP) is 1.69. The molecular formula is C16H22N6OS. The average Bonchev–Trinajstić information content (AvgIpc) is 3.09. The van der Waals surface area contributed by atoms with Crippen molar-refractivity contribution in [2.24, 2.45) is 0 Å². The molecule has 1 aliphatic heterocycles. The fourth-order valence-electron chi connectivity index (χ4n) is 2.63. The number of thioether (sulfide) groups is 1. The van der Waals surface area contributed by atoms with Gasteiger partial charge in [-0.1, -0.05) is 17.8 Å². The number of hydrogen-bond donors (Lipinski definition) is 0. The predicted molar refractivity (Wildman–Crippen MR) is 94.2 cm³/mol. The topological polar surface area (TPSA) is 67.2 Å². The molecule has 8 heteroatoms. The smallest absolute Gasteiger partial charge is 0.233 e. The van der Waals surface area contributed by atoms with Crippen LogP contribution in [-0.4, -0.2) is 62.5 Å². The molecule has 1 aliphatic rings. The molecule has 2 aromatic rings. The van der Waals surface area contributed by atoms with Crippen molar-refractivity contribution in [2.45, 2.75) is 25.0 Å². The highest BCUT2D eigenvalue weighted by Gasteiger charge is 2.22. The lowest BCUT2D eigenvalue weighted by Gasteiger charge is -2.35. The summed E-state index contributed by atoms with van der Waals surface area (Å²) in [4.78, 5) is 20.9. The van der Waals surface area contributed by atoms with Crippen molar-refractivity contribution in [1.82, 2.24) is 24.6 Å². The number of amides is 1. The van der Waals surface area contributed by atoms with Gasteiger partial charge >= 0.3 is 0 Å². The van der Waals surface area contributed by atoms with Crippen LogP contribution in [0.4, 0.5) is 5.82 Å². The first kappa shape index (κ1) is 16.8. The van der Waals surface area contributed by atoms with Gasteiger partial charge in [-0.3, -0.25) is 4.79 Å². The van der Waals surface area contributed by atoms with E-state index in [2.05, 4.69) is 33.9 Å². The van der Waals surface area contributed by atoms with Crippen molar-refractivity contribution >= 4 is 23.5 Å². The zero-order valence-electron chi connectivity index (χ0n) is 14.0. The molecule has 1 fully saturated rings. The summed E-state index contributed by atoms with van der Waals surface area (Å²) in [6.45, 7) is 7.24. The van der Waals surface area contributed by atoms with Crippen molar-refractivity contribution < 1.29 is 4.79 Å². The number of anilines is 1. The Morgan fingerprint density at radius 2 is 2.04 bits per heavy atom. The van der Waals surface area contributed by atoms with Crippen LogP contribution in [0.15, 0.2) is 35.9 Å². The first-order valence-electron chi connectivity index (χ1n) is 8.11. The Kier molecular flexibility index (Phi) is 5.34. The zero-order valence-corrected chi connectivity index (χ0v) is 14.8. The van der Waals surface area contributed by atoms with Crippen LogP contribution in [0, 0.1) is 0 Å². The third kappa shape index (κ3) is 3.87. The van der Waals surface area contributed by atoms with E-state index >= 15 is 0 Å². The summed E-state index contributed by atoms with van der Waals surface area (Å²) >= 11 is 1.45. The van der Waals surface area contributed by atoms with Gasteiger partial charge in [0.1, 0.15) is 12.1 Å². The largest absolute Gasteiger partial charge is 0.353 e. The molecule has 2 aromatic heterocycles. The van der Waals surface area contributed by atoms with Crippen LogP contribution in [0.25, 0.3) is 0 Å². The van der Waals surface area contributed by atoms with Crippen LogP contribution in [-0.2, 0) is 4.79 Å². The van der Waals surface area contributed by atoms with Gasteiger partial charge in [-0.25, -0.2) is 4.98 Å². The third-order valence-corrected chi connectivity index (χ3v) is 4.97. The van der Waals surface area contributed by atoms with E-state index in [0.29, 0.717) is 11.8 Å². The highest BCUT2D eigenvalue weighted by molar-refractivity contribution is 7.99. The van der Waals surface area contributed by atoms with Gasteiger partial charge in [0.05, 0.1) is 5.75 Å². The SMILES string of the molecule is CC(C)n1cnnc1SCC(=O)N1CCN(c2ccccn2)CC1. The highest BCUT2D eigenvalue weighted by atomic mass is 32.2. The lowest BCUT2D eigenvalue weighted by molar-refractivity contribution is -0.128. The quantitative estimate of drug-likeness (QED) is 0.768. The van der Waals surface area contributed by atoms with Crippen LogP contribution < -0.4 is 4.90 Å². The van der Waals surface area contributed by atoms with Crippen molar-refractivity contribution in [2.75, 3.05) is 36.8 Å². The van der Waals surface area contributed by atoms with Crippen LogP contribution in [0.3, 0.4) is 0 Å². The molecule has 3 heterocycles. The molecule has 0 unspecified atom stereocenters. The Morgan fingerprint density at radius 1 is 1.25 bits per heavy atom. The summed E-state index contributed by atoms with van der Waals surface area (Å²) < 4.78 is 1.98. The number of hydrogen-bond acceptors (Lipinski definition) is 6. The van der Waals surface area contributed by atoms with Crippen molar-refractivity contribution in [3.63, 3.8) is 0 Å². The van der Waals surface area contributed by atoms with Crippen LogP contribution >= 0.6 is 11.8 Å². The fourth-order valence-corrected chi connectivity index (χ4v) is 3.58. The molecule has 128 valence electrons. The second-order valence-corrected chi connectivity index (χ2v) is 6.90. The molecule has 0 atom stereocenters. The minimum absolute atomic E-state index is 0.152. The van der Waals surface area contributed by atoms with Crippen molar-refractivity contribution in [1.29, 1.82) is 0 Å². The molecular weight excluding hydrogens is 324 g/mol. The lowest BCUT2D eigenvalue weighted by Crippen LogP contribution is -2.49. The summed E-state index contributed by atoms with van der Waals surface area (Å²) in [6, 6.07) is 6.20. The van der Waals surface area contributed by atoms with Gasteiger partial charge in [-0.05, 0) is 26.0 Å². The third-order valence-electron chi connectivity index (χ3n) is 4.03. The summed E-state index contributed by atoms with van der Waals surface area (Å²) in [7, 11) is 0. The van der Waals surface area contributed by atoms with E-state index in [9.17, 15) is 4.79 Å². The van der Waals surface area contributed by atoms with E-state index in [1.807, 2.05) is 27.7 Å². The van der Waals surface area contributed by atoms with E-state index in [0.717, 1.165) is 37.2 Å². The van der Waals surface area contributed by atoms with Crippen molar-refractivity contribution in [3.8, 4) is 0 Å². The Bertz CT molecular complexity index is 666. The first-order valence-corrected chi connectivity index (χ1v) is 9.10. The fraction of sp³-hybridized carbons (Fsp3) is 0.500. The second kappa shape index (κ2) is 7.65. The molecule has 3 rings (SSSR count). The van der Waals surface area contributed by atoms with Gasteiger partial charge in [0, 0.05) is 38.4 Å². The van der Waals surface area contributed by atoms with E-state index in [1.165, 1.54) is 11.8 Å². The molecule has 0 spiro atoms. The molecule has 1 amide bonds. The number of rotatable bonds is 5. The van der Waals surface area contributed by atoms with E-state index in [-0.39, 0.29) is 5.91 Å². The Hall–Kier alpha value is -2.09. The Balaban J connectivity index is 1.49. The number of pyridine rings is 1. The van der Waals surface area contributed by atoms with E-state index < -0.39 is 0 Å². The van der Waals surface area contributed by atoms with Crippen LogP contribution in [0.1, 0.15) is 19.9 Å². The highest BCUT2D eigenvalue weighted by Crippen LogP contribution is 2.20. The van der Waals surface area contributed by atoms with E-state index in [4.69, 9.17) is 0 Å². The monoisotopic (exact) mass is 346 g/mol. The molecule has 0 aliphatic carbocycles. The minimum Gasteiger partial charge on any atom is -0.353 e. The molecule has 0 aromatic carbocycles. The van der Waals surface area contributed by atoms with Crippen LogP contribution in [0.2, 0.25) is 0 Å². The molecule has 1 saturated heterocycles. The minimum atomic E-state index is 0.152. The maximum atomic E-state index is 12.4. The Labute approximate surface area is 146 Å². The number of piperazine rings is 1. The molecule has 0 N–H and O–H groups in total. The van der Waals surface area contributed by atoms with Gasteiger partial charge in [-0.15, -0.1) is 10.2 Å². The summed E-state index contributed by atoms with van der Waals surface area (Å²) in [5, 5.41) is 8.82. The van der Waals surface area contributed by atoms with Crippen LogP contribution in [0.5, 0.6) is 0 Å². The summed E-state index contributed by atoms with van der Waals surface area (Å²) in [6.07, 6.45) is 3.51. The average molecular weight is 346 g/mol. The second-order valence-electron chi connectivity index (χ2n) is 5.96. The zero-order chi connectivity index (χ0) is 16.9. The van der Waals surface area contributed by atoms with Gasteiger partial charge < -0.3 is 14.4 Å². The van der Waals surface area contributed by atoms with Gasteiger partial charge in [0.15, 0.2) is 5.16 Å². The first-order chi connectivity index (χ1) is 11.6. The number of carbonyl (C=O) groups excluding carboxylic acids is 1. The summed E-state index contributed by atoms with van der Waals surface area (Å²) in [5.74, 6) is 1.53.